The predicted molar refractivity (Wildman–Crippen MR) is 153 cm³/mol. The molecule has 3 heterocycles. The molecule has 1 saturated heterocycles. The molecule has 2 aromatic heterocycles. The van der Waals surface area contributed by atoms with Crippen molar-refractivity contribution in [2.45, 2.75) is 49.6 Å². The van der Waals surface area contributed by atoms with Crippen molar-refractivity contribution in [3.05, 3.63) is 75.6 Å². The van der Waals surface area contributed by atoms with Gasteiger partial charge in [0.1, 0.15) is 11.6 Å². The molecule has 3 aliphatic rings. The molecule has 3 atom stereocenters. The first-order valence-corrected chi connectivity index (χ1v) is 15.0. The van der Waals surface area contributed by atoms with Crippen LogP contribution < -0.4 is 15.0 Å². The van der Waals surface area contributed by atoms with Gasteiger partial charge in [-0.1, -0.05) is 23.7 Å². The van der Waals surface area contributed by atoms with Crippen LogP contribution in [-0.4, -0.2) is 55.1 Å². The largest absolute Gasteiger partial charge is 0.497 e. The lowest BCUT2D eigenvalue weighted by atomic mass is 9.73. The van der Waals surface area contributed by atoms with Crippen molar-refractivity contribution in [3.63, 3.8) is 0 Å². The van der Waals surface area contributed by atoms with Gasteiger partial charge in [-0.2, -0.15) is 11.3 Å². The van der Waals surface area contributed by atoms with Crippen molar-refractivity contribution in [3.8, 4) is 5.75 Å². The lowest BCUT2D eigenvalue weighted by Gasteiger charge is -2.42. The Morgan fingerprint density at radius 3 is 2.50 bits per heavy atom. The second-order valence-electron chi connectivity index (χ2n) is 10.9. The Morgan fingerprint density at radius 2 is 1.87 bits per heavy atom. The maximum atomic E-state index is 13.9. The van der Waals surface area contributed by atoms with Gasteiger partial charge in [-0.05, 0) is 90.2 Å². The van der Waals surface area contributed by atoms with Crippen LogP contribution in [0.4, 0.5) is 5.82 Å². The van der Waals surface area contributed by atoms with E-state index in [9.17, 15) is 4.79 Å². The fraction of sp³-hybridized carbons (Fsp3) is 0.467. The molecule has 0 bridgehead atoms. The van der Waals surface area contributed by atoms with E-state index < -0.39 is 0 Å². The van der Waals surface area contributed by atoms with Crippen molar-refractivity contribution >= 4 is 34.7 Å². The molecule has 3 fully saturated rings. The highest BCUT2D eigenvalue weighted by molar-refractivity contribution is 7.08. The molecule has 6 rings (SSSR count). The third kappa shape index (κ3) is 5.29. The maximum absolute atomic E-state index is 13.9. The number of thiophene rings is 1. The zero-order chi connectivity index (χ0) is 26.1. The average Bonchev–Trinajstić information content (AvgIpc) is 3.53. The summed E-state index contributed by atoms with van der Waals surface area (Å²) in [7, 11) is 1.71. The molecule has 38 heavy (non-hydrogen) atoms. The molecule has 1 N–H and O–H groups in total. The van der Waals surface area contributed by atoms with E-state index in [0.717, 1.165) is 69.9 Å². The van der Waals surface area contributed by atoms with E-state index in [1.54, 1.807) is 24.6 Å². The summed E-state index contributed by atoms with van der Waals surface area (Å²) in [6.45, 7) is 3.06. The van der Waals surface area contributed by atoms with E-state index >= 15 is 0 Å². The minimum atomic E-state index is 0.0407. The number of nitrogens with zero attached hydrogens (tertiary/aromatic N) is 3. The minimum absolute atomic E-state index is 0.0407. The van der Waals surface area contributed by atoms with Crippen LogP contribution >= 0.6 is 22.9 Å². The second-order valence-corrected chi connectivity index (χ2v) is 12.1. The summed E-state index contributed by atoms with van der Waals surface area (Å²) in [5.74, 6) is 2.43. The number of methoxy groups -OCH3 is 1. The summed E-state index contributed by atoms with van der Waals surface area (Å²) >= 11 is 7.73. The lowest BCUT2D eigenvalue weighted by molar-refractivity contribution is -0.137. The number of piperazine rings is 1. The summed E-state index contributed by atoms with van der Waals surface area (Å²) in [5, 5.41) is 9.06. The molecule has 0 radical (unpaired) electrons. The molecular weight excluding hydrogens is 516 g/mol. The molecule has 0 spiro atoms. The summed E-state index contributed by atoms with van der Waals surface area (Å²) in [6, 6.07) is 15.0. The molecule has 6 nitrogen and oxygen atoms in total. The number of ether oxygens (including phenoxy) is 1. The summed E-state index contributed by atoms with van der Waals surface area (Å²) in [5.41, 5.74) is 2.73. The monoisotopic (exact) mass is 550 g/mol. The fourth-order valence-corrected chi connectivity index (χ4v) is 7.18. The number of nitrogens with one attached hydrogen (secondary N) is 1. The summed E-state index contributed by atoms with van der Waals surface area (Å²) in [6.07, 6.45) is 6.97. The van der Waals surface area contributed by atoms with Crippen LogP contribution in [0, 0.1) is 5.92 Å². The van der Waals surface area contributed by atoms with E-state index in [1.807, 2.05) is 12.1 Å². The Balaban J connectivity index is 1.12. The summed E-state index contributed by atoms with van der Waals surface area (Å²) in [4.78, 5) is 22.7. The molecule has 8 heteroatoms. The van der Waals surface area contributed by atoms with Crippen molar-refractivity contribution in [1.82, 2.24) is 15.2 Å². The van der Waals surface area contributed by atoms with Gasteiger partial charge in [-0.15, -0.1) is 0 Å². The van der Waals surface area contributed by atoms with Crippen molar-refractivity contribution in [2.24, 2.45) is 5.92 Å². The first kappa shape index (κ1) is 25.7. The lowest BCUT2D eigenvalue weighted by Crippen LogP contribution is -2.52. The van der Waals surface area contributed by atoms with Gasteiger partial charge in [0, 0.05) is 49.9 Å². The zero-order valence-corrected chi connectivity index (χ0v) is 23.4. The zero-order valence-electron chi connectivity index (χ0n) is 21.8. The van der Waals surface area contributed by atoms with Crippen molar-refractivity contribution < 1.29 is 9.53 Å². The van der Waals surface area contributed by atoms with Crippen LogP contribution in [0.25, 0.3) is 0 Å². The Hall–Kier alpha value is -2.61. The molecule has 2 aliphatic carbocycles. The number of halogens is 1. The molecule has 0 unspecified atom stereocenters. The number of aromatic nitrogens is 1. The van der Waals surface area contributed by atoms with Gasteiger partial charge in [0.15, 0.2) is 0 Å². The van der Waals surface area contributed by atoms with E-state index in [4.69, 9.17) is 16.3 Å². The van der Waals surface area contributed by atoms with E-state index in [-0.39, 0.29) is 17.4 Å². The predicted octanol–water partition coefficient (Wildman–Crippen LogP) is 5.69. The number of carbonyl (C=O) groups is 1. The Kier molecular flexibility index (Phi) is 7.34. The number of pyridine rings is 1. The molecule has 2 saturated carbocycles. The van der Waals surface area contributed by atoms with Crippen molar-refractivity contribution in [2.75, 3.05) is 38.2 Å². The normalized spacial score (nSPS) is 24.7. The van der Waals surface area contributed by atoms with Gasteiger partial charge in [0.05, 0.1) is 12.1 Å². The van der Waals surface area contributed by atoms with Crippen LogP contribution in [-0.2, 0) is 10.3 Å². The van der Waals surface area contributed by atoms with E-state index in [0.29, 0.717) is 17.0 Å². The number of amides is 1. The highest BCUT2D eigenvalue weighted by atomic mass is 35.5. The number of carbonyl (C=O) groups excluding carboxylic acids is 1. The first-order valence-electron chi connectivity index (χ1n) is 13.6. The summed E-state index contributed by atoms with van der Waals surface area (Å²) < 4.78 is 5.36. The van der Waals surface area contributed by atoms with Gasteiger partial charge < -0.3 is 19.9 Å². The molecular formula is C30H35ClN4O2S. The maximum Gasteiger partial charge on any atom is 0.226 e. The fourth-order valence-electron chi connectivity index (χ4n) is 6.34. The van der Waals surface area contributed by atoms with Crippen LogP contribution in [0.3, 0.4) is 0 Å². The van der Waals surface area contributed by atoms with Gasteiger partial charge in [0.2, 0.25) is 5.91 Å². The smallest absolute Gasteiger partial charge is 0.226 e. The molecule has 1 amide bonds. The number of hydrogen-bond acceptors (Lipinski definition) is 6. The minimum Gasteiger partial charge on any atom is -0.497 e. The quantitative estimate of drug-likeness (QED) is 0.410. The molecule has 1 aromatic carbocycles. The van der Waals surface area contributed by atoms with Crippen LogP contribution in [0.2, 0.25) is 5.02 Å². The second kappa shape index (κ2) is 10.9. The third-order valence-electron chi connectivity index (χ3n) is 8.64. The van der Waals surface area contributed by atoms with Gasteiger partial charge in [-0.3, -0.25) is 4.79 Å². The Labute approximate surface area is 234 Å². The van der Waals surface area contributed by atoms with Crippen LogP contribution in [0.1, 0.15) is 49.1 Å². The number of rotatable bonds is 7. The highest BCUT2D eigenvalue weighted by Crippen LogP contribution is 2.48. The molecule has 1 aliphatic heterocycles. The topological polar surface area (TPSA) is 57.7 Å². The van der Waals surface area contributed by atoms with Gasteiger partial charge >= 0.3 is 0 Å². The van der Waals surface area contributed by atoms with Gasteiger partial charge in [-0.25, -0.2) is 4.98 Å². The van der Waals surface area contributed by atoms with E-state index in [1.165, 1.54) is 11.1 Å². The van der Waals surface area contributed by atoms with Crippen LogP contribution in [0.5, 0.6) is 5.75 Å². The third-order valence-corrected chi connectivity index (χ3v) is 9.56. The SMILES string of the molecule is COc1ccc(C2(N[C@@H]3CC[C@H](C(=O)N4CCN(c5ccc(Cl)cn5)CC4)[C@@H](c4ccsc4)C3)CC2)cc1. The number of anilines is 1. The standard InChI is InChI=1S/C30H35ClN4O2S/c1-37-25-6-2-22(3-7-25)30(11-12-30)33-24-5-8-26(27(18-24)21-10-17-38-20-21)29(36)35-15-13-34(14-16-35)28-9-4-23(31)19-32-28/h2-4,6-7,9-10,17,19-20,24,26-27,33H,5,8,11-16,18H2,1H3/t24-,26+,27-/m1/s1. The van der Waals surface area contributed by atoms with Crippen LogP contribution in [0.15, 0.2) is 59.4 Å². The number of benzene rings is 1. The van der Waals surface area contributed by atoms with Gasteiger partial charge in [0.25, 0.3) is 0 Å². The average molecular weight is 551 g/mol. The highest BCUT2D eigenvalue weighted by Gasteiger charge is 2.47. The first-order chi connectivity index (χ1) is 18.5. The number of hydrogen-bond donors (Lipinski definition) is 1. The molecule has 200 valence electrons. The van der Waals surface area contributed by atoms with Crippen molar-refractivity contribution in [1.29, 1.82) is 0 Å². The van der Waals surface area contributed by atoms with E-state index in [2.05, 4.69) is 61.2 Å². The Morgan fingerprint density at radius 1 is 1.08 bits per heavy atom. The molecule has 3 aromatic rings. The Bertz CT molecular complexity index is 1220.